The second-order valence-electron chi connectivity index (χ2n) is 13.1. The SMILES string of the molecule is CCOC(=O)c1cnnn1[C@@H]1O[C@H](CO[Si](C)(C)C(C)(C)C)C2(OS(=O)(=O)C=C2N)[C@H]1O[Si](C)(C)C(C)(C)C. The van der Waals surface area contributed by atoms with Crippen molar-refractivity contribution in [2.45, 2.75) is 109 Å². The lowest BCUT2D eigenvalue weighted by Crippen LogP contribution is -2.59. The van der Waals surface area contributed by atoms with Gasteiger partial charge >= 0.3 is 5.97 Å². The second kappa shape index (κ2) is 10.3. The van der Waals surface area contributed by atoms with Crippen LogP contribution in [0.4, 0.5) is 0 Å². The molecule has 0 aromatic carbocycles. The van der Waals surface area contributed by atoms with Crippen LogP contribution in [0.15, 0.2) is 17.3 Å². The molecule has 4 atom stereocenters. The molecule has 1 aromatic rings. The predicted octanol–water partition coefficient (Wildman–Crippen LogP) is 3.66. The van der Waals surface area contributed by atoms with E-state index in [1.165, 1.54) is 10.9 Å². The second-order valence-corrected chi connectivity index (χ2v) is 24.1. The highest BCUT2D eigenvalue weighted by Gasteiger charge is 2.67. The molecule has 12 nitrogen and oxygen atoms in total. The highest BCUT2D eigenvalue weighted by Crippen LogP contribution is 2.52. The number of carbonyl (C=O) groups excluding carboxylic acids is 1. The zero-order valence-corrected chi connectivity index (χ0v) is 27.7. The van der Waals surface area contributed by atoms with Gasteiger partial charge in [-0.25, -0.2) is 13.7 Å². The lowest BCUT2D eigenvalue weighted by Gasteiger charge is -2.43. The van der Waals surface area contributed by atoms with Crippen LogP contribution >= 0.6 is 0 Å². The monoisotopic (exact) mass is 604 g/mol. The van der Waals surface area contributed by atoms with E-state index in [0.29, 0.717) is 0 Å². The Morgan fingerprint density at radius 3 is 2.21 bits per heavy atom. The molecular weight excluding hydrogens is 561 g/mol. The molecule has 2 aliphatic heterocycles. The van der Waals surface area contributed by atoms with Crippen molar-refractivity contribution in [3.63, 3.8) is 0 Å². The molecule has 1 spiro atoms. The molecule has 0 bridgehead atoms. The van der Waals surface area contributed by atoms with Crippen LogP contribution in [0.1, 0.15) is 65.2 Å². The van der Waals surface area contributed by atoms with Gasteiger partial charge in [0.15, 0.2) is 34.2 Å². The normalized spacial score (nSPS) is 27.7. The molecule has 1 fully saturated rings. The summed E-state index contributed by atoms with van der Waals surface area (Å²) in [5.41, 5.74) is 4.69. The standard InChI is InChI=1S/C24H44N4O8SSi2/c1-12-32-21(29)16-13-26-27-28(16)20-19(35-39(10,11)23(5,6)7)24(17(25)15-37(30,31)36-24)18(34-20)14-33-38(8,9)22(2,3)4/h13,15,18-20H,12,14,25H2,1-11H3/t18-,19+,20-,24?/m1/s1. The fourth-order valence-electron chi connectivity index (χ4n) is 3.97. The Kier molecular flexibility index (Phi) is 8.45. The summed E-state index contributed by atoms with van der Waals surface area (Å²) >= 11 is 0. The number of carbonyl (C=O) groups is 1. The van der Waals surface area contributed by atoms with Crippen LogP contribution < -0.4 is 5.73 Å². The Labute approximate surface area is 233 Å². The van der Waals surface area contributed by atoms with Crippen molar-refractivity contribution >= 4 is 32.7 Å². The van der Waals surface area contributed by atoms with E-state index in [2.05, 4.69) is 64.9 Å². The Morgan fingerprint density at radius 2 is 1.72 bits per heavy atom. The number of aromatic nitrogens is 3. The van der Waals surface area contributed by atoms with Gasteiger partial charge in [0.25, 0.3) is 10.1 Å². The summed E-state index contributed by atoms with van der Waals surface area (Å²) < 4.78 is 57.8. The minimum absolute atomic E-state index is 0.0160. The molecule has 0 saturated carbocycles. The summed E-state index contributed by atoms with van der Waals surface area (Å²) in [6.45, 7) is 22.5. The van der Waals surface area contributed by atoms with Crippen molar-refractivity contribution in [1.82, 2.24) is 15.0 Å². The van der Waals surface area contributed by atoms with Crippen LogP contribution in [0.2, 0.25) is 36.3 Å². The molecule has 0 aliphatic carbocycles. The molecule has 2 aliphatic rings. The quantitative estimate of drug-likeness (QED) is 0.263. The summed E-state index contributed by atoms with van der Waals surface area (Å²) in [6.07, 6.45) is -1.95. The zero-order chi connectivity index (χ0) is 29.8. The van der Waals surface area contributed by atoms with Crippen molar-refractivity contribution in [3.8, 4) is 0 Å². The fourth-order valence-corrected chi connectivity index (χ4v) is 7.48. The van der Waals surface area contributed by atoms with Crippen molar-refractivity contribution in [1.29, 1.82) is 0 Å². The fraction of sp³-hybridized carbons (Fsp3) is 0.792. The highest BCUT2D eigenvalue weighted by molar-refractivity contribution is 7.90. The summed E-state index contributed by atoms with van der Waals surface area (Å²) in [6, 6.07) is 0. The third-order valence-electron chi connectivity index (χ3n) is 8.37. The third-order valence-corrected chi connectivity index (χ3v) is 18.4. The van der Waals surface area contributed by atoms with Gasteiger partial charge in [0.2, 0.25) is 0 Å². The first-order valence-electron chi connectivity index (χ1n) is 13.1. The lowest BCUT2D eigenvalue weighted by molar-refractivity contribution is -0.0606. The van der Waals surface area contributed by atoms with Crippen molar-refractivity contribution < 1.29 is 35.7 Å². The Balaban J connectivity index is 2.20. The van der Waals surface area contributed by atoms with Crippen LogP contribution in [0.5, 0.6) is 0 Å². The first-order chi connectivity index (χ1) is 17.6. The average Bonchev–Trinajstić information content (AvgIpc) is 3.41. The van der Waals surface area contributed by atoms with Crippen molar-refractivity contribution in [2.75, 3.05) is 13.2 Å². The molecule has 1 saturated heterocycles. The molecule has 0 radical (unpaired) electrons. The van der Waals surface area contributed by atoms with Crippen LogP contribution in [-0.4, -0.2) is 77.0 Å². The molecule has 2 N–H and O–H groups in total. The van der Waals surface area contributed by atoms with Crippen LogP contribution in [0.25, 0.3) is 0 Å². The van der Waals surface area contributed by atoms with Gasteiger partial charge in [-0.05, 0) is 43.2 Å². The molecule has 39 heavy (non-hydrogen) atoms. The van der Waals surface area contributed by atoms with Crippen molar-refractivity contribution in [2.24, 2.45) is 5.73 Å². The topological polar surface area (TPSA) is 154 Å². The van der Waals surface area contributed by atoms with Crippen molar-refractivity contribution in [3.05, 3.63) is 23.0 Å². The van der Waals surface area contributed by atoms with E-state index in [4.69, 9.17) is 28.2 Å². The zero-order valence-electron chi connectivity index (χ0n) is 24.9. The van der Waals surface area contributed by atoms with Crippen LogP contribution in [-0.2, 0) is 32.6 Å². The maximum absolute atomic E-state index is 12.9. The van der Waals surface area contributed by atoms with Gasteiger partial charge in [-0.15, -0.1) is 5.10 Å². The lowest BCUT2D eigenvalue weighted by atomic mass is 9.89. The average molecular weight is 605 g/mol. The van der Waals surface area contributed by atoms with E-state index in [1.807, 2.05) is 13.1 Å². The molecule has 1 unspecified atom stereocenters. The first kappa shape index (κ1) is 31.9. The predicted molar refractivity (Wildman–Crippen MR) is 150 cm³/mol. The molecule has 1 aromatic heterocycles. The van der Waals surface area contributed by atoms with Gasteiger partial charge in [0.05, 0.1) is 30.5 Å². The Morgan fingerprint density at radius 1 is 1.13 bits per heavy atom. The highest BCUT2D eigenvalue weighted by atomic mass is 32.2. The Hall–Kier alpha value is -1.63. The van der Waals surface area contributed by atoms with E-state index in [-0.39, 0.29) is 34.7 Å². The number of esters is 1. The third kappa shape index (κ3) is 5.90. The van der Waals surface area contributed by atoms with Gasteiger partial charge in [0.1, 0.15) is 12.2 Å². The maximum Gasteiger partial charge on any atom is 0.358 e. The number of ether oxygens (including phenoxy) is 2. The van der Waals surface area contributed by atoms with E-state index in [0.717, 1.165) is 5.41 Å². The molecular formula is C24H44N4O8SSi2. The van der Waals surface area contributed by atoms with Gasteiger partial charge in [-0.1, -0.05) is 46.8 Å². The number of hydrogen-bond donors (Lipinski definition) is 1. The summed E-state index contributed by atoms with van der Waals surface area (Å²) in [4.78, 5) is 12.8. The number of hydrogen-bond acceptors (Lipinski definition) is 11. The number of rotatable bonds is 8. The van der Waals surface area contributed by atoms with Gasteiger partial charge in [0, 0.05) is 0 Å². The van der Waals surface area contributed by atoms with E-state index >= 15 is 0 Å². The smallest absolute Gasteiger partial charge is 0.358 e. The number of nitrogens with zero attached hydrogens (tertiary/aromatic N) is 3. The van der Waals surface area contributed by atoms with E-state index in [1.54, 1.807) is 6.92 Å². The van der Waals surface area contributed by atoms with Gasteiger partial charge in [-0.3, -0.25) is 0 Å². The van der Waals surface area contributed by atoms with Crippen LogP contribution in [0.3, 0.4) is 0 Å². The first-order valence-corrected chi connectivity index (χ1v) is 20.4. The largest absolute Gasteiger partial charge is 0.461 e. The minimum Gasteiger partial charge on any atom is -0.461 e. The summed E-state index contributed by atoms with van der Waals surface area (Å²) in [5.74, 6) is -0.657. The van der Waals surface area contributed by atoms with Gasteiger partial charge in [-0.2, -0.15) is 8.42 Å². The van der Waals surface area contributed by atoms with Gasteiger partial charge < -0.3 is 24.1 Å². The Bertz CT molecular complexity index is 1220. The molecule has 15 heteroatoms. The maximum atomic E-state index is 12.9. The molecule has 3 heterocycles. The van der Waals surface area contributed by atoms with E-state index < -0.39 is 56.8 Å². The summed E-state index contributed by atoms with van der Waals surface area (Å²) in [7, 11) is -9.10. The minimum atomic E-state index is -4.17. The molecule has 222 valence electrons. The number of nitrogens with two attached hydrogens (primary N) is 1. The molecule has 0 amide bonds. The van der Waals surface area contributed by atoms with E-state index in [9.17, 15) is 13.2 Å². The molecule has 3 rings (SSSR count). The summed E-state index contributed by atoms with van der Waals surface area (Å²) in [5, 5.41) is 8.54. The van der Waals surface area contributed by atoms with Crippen LogP contribution in [0, 0.1) is 0 Å².